The number of likely N-dealkylation sites (tertiary alicyclic amines) is 1. The van der Waals surface area contributed by atoms with Crippen LogP contribution >= 0.6 is 22.0 Å². The highest BCUT2D eigenvalue weighted by Gasteiger charge is 2.66. The highest BCUT2D eigenvalue weighted by atomic mass is 32.5. The second-order valence-electron chi connectivity index (χ2n) is 8.11. The maximum absolute atomic E-state index is 13.3. The van der Waals surface area contributed by atoms with Crippen molar-refractivity contribution < 1.29 is 44.0 Å². The SMILES string of the molecule is C#CCN=C1NC(=O)SC1=CC1CCN(Cc2ccccc2S(F)(F)(F)(F)F)CC1.O=C(O)C=CC(=O)O. The van der Waals surface area contributed by atoms with Crippen molar-refractivity contribution in [1.82, 2.24) is 10.2 Å². The Morgan fingerprint density at radius 2 is 1.71 bits per heavy atom. The molecule has 208 valence electrons. The predicted octanol–water partition coefficient (Wildman–Crippen LogP) is 5.64. The molecule has 38 heavy (non-hydrogen) atoms. The summed E-state index contributed by atoms with van der Waals surface area (Å²) in [6, 6.07) is 3.86. The number of carboxylic acid groups (broad SMARTS) is 2. The molecule has 0 saturated carbocycles. The molecule has 2 fully saturated rings. The zero-order chi connectivity index (χ0) is 28.6. The molecule has 0 spiro atoms. The number of hydrogen-bond donors (Lipinski definition) is 3. The summed E-state index contributed by atoms with van der Waals surface area (Å²) in [6.45, 7) is 0.838. The van der Waals surface area contributed by atoms with Crippen molar-refractivity contribution >= 4 is 45.0 Å². The standard InChI is InChI=1S/C19H20F5N3OS2.C4H4O4/c1-2-9-25-18-16(29-19(28)26-18)12-14-7-10-27(11-8-14)13-15-5-3-4-6-17(15)30(20,21,22,23)24;5-3(6)1-2-4(7)8/h1,3-6,12,14H,7-11,13H2,(H,25,26,28);1-2H,(H,5,6)(H,7,8). The van der Waals surface area contributed by atoms with E-state index in [1.807, 2.05) is 6.08 Å². The van der Waals surface area contributed by atoms with Gasteiger partial charge in [0.25, 0.3) is 5.24 Å². The maximum atomic E-state index is 13.3. The highest BCUT2D eigenvalue weighted by molar-refractivity contribution is 8.45. The molecule has 0 bridgehead atoms. The molecule has 8 nitrogen and oxygen atoms in total. The summed E-state index contributed by atoms with van der Waals surface area (Å²) in [5, 5.41) is 18.0. The van der Waals surface area contributed by atoms with E-state index in [-0.39, 0.29) is 24.2 Å². The number of halogens is 5. The lowest BCUT2D eigenvalue weighted by atomic mass is 9.96. The number of nitrogens with zero attached hydrogens (tertiary/aromatic N) is 2. The van der Waals surface area contributed by atoms with Crippen molar-refractivity contribution in [2.45, 2.75) is 24.3 Å². The van der Waals surface area contributed by atoms with Gasteiger partial charge in [-0.15, -0.1) is 6.42 Å². The Bertz CT molecular complexity index is 1200. The van der Waals surface area contributed by atoms with E-state index in [2.05, 4.69) is 16.2 Å². The van der Waals surface area contributed by atoms with Gasteiger partial charge in [-0.25, -0.2) is 9.59 Å². The number of carbonyl (C=O) groups excluding carboxylic acids is 1. The van der Waals surface area contributed by atoms with E-state index in [1.54, 1.807) is 4.90 Å². The van der Waals surface area contributed by atoms with Crippen LogP contribution in [0.2, 0.25) is 0 Å². The normalized spacial score (nSPS) is 20.8. The summed E-state index contributed by atoms with van der Waals surface area (Å²) in [5.41, 5.74) is -0.418. The van der Waals surface area contributed by atoms with Gasteiger partial charge in [0, 0.05) is 18.7 Å². The highest BCUT2D eigenvalue weighted by Crippen LogP contribution is 3.02. The van der Waals surface area contributed by atoms with Crippen LogP contribution in [0.4, 0.5) is 24.2 Å². The van der Waals surface area contributed by atoms with Crippen LogP contribution in [0, 0.1) is 18.3 Å². The number of piperidine rings is 1. The van der Waals surface area contributed by atoms with Gasteiger partial charge in [-0.3, -0.25) is 14.7 Å². The number of carbonyl (C=O) groups is 3. The fraction of sp³-hybridized carbons (Fsp3) is 0.304. The molecule has 0 unspecified atom stereocenters. The summed E-state index contributed by atoms with van der Waals surface area (Å²) < 4.78 is 66.6. The van der Waals surface area contributed by atoms with Crippen LogP contribution in [0.25, 0.3) is 0 Å². The van der Waals surface area contributed by atoms with Crippen LogP contribution < -0.4 is 5.32 Å². The summed E-state index contributed by atoms with van der Waals surface area (Å²) in [6.07, 6.45) is 9.47. The van der Waals surface area contributed by atoms with Crippen molar-refractivity contribution in [2.75, 3.05) is 19.6 Å². The number of aliphatic imine (C=N–C) groups is 1. The topological polar surface area (TPSA) is 119 Å². The van der Waals surface area contributed by atoms with E-state index in [1.165, 1.54) is 6.07 Å². The third-order valence-corrected chi connectivity index (χ3v) is 7.22. The molecule has 15 heteroatoms. The first-order valence-electron chi connectivity index (χ1n) is 10.9. The van der Waals surface area contributed by atoms with Crippen molar-refractivity contribution in [1.29, 1.82) is 0 Å². The number of thioether (sulfide) groups is 1. The molecule has 3 rings (SSSR count). The largest absolute Gasteiger partial charge is 0.478 e. The van der Waals surface area contributed by atoms with Crippen LogP contribution in [0.5, 0.6) is 0 Å². The van der Waals surface area contributed by atoms with Gasteiger partial charge in [0.2, 0.25) is 0 Å². The summed E-state index contributed by atoms with van der Waals surface area (Å²) in [4.78, 5) is 35.4. The number of benzene rings is 1. The van der Waals surface area contributed by atoms with E-state index in [0.29, 0.717) is 54.9 Å². The zero-order valence-corrected chi connectivity index (χ0v) is 21.3. The van der Waals surface area contributed by atoms with Gasteiger partial charge in [0.05, 0.1) is 4.91 Å². The van der Waals surface area contributed by atoms with Gasteiger partial charge >= 0.3 is 22.2 Å². The number of amides is 1. The molecule has 3 N–H and O–H groups in total. The smallest absolute Gasteiger partial charge is 0.328 e. The summed E-state index contributed by atoms with van der Waals surface area (Å²) >= 11 is 1.02. The van der Waals surface area contributed by atoms with Gasteiger partial charge < -0.3 is 15.5 Å². The van der Waals surface area contributed by atoms with Crippen LogP contribution in [0.1, 0.15) is 18.4 Å². The third kappa shape index (κ3) is 10.2. The fourth-order valence-corrected chi connectivity index (χ4v) is 5.36. The van der Waals surface area contributed by atoms with E-state index >= 15 is 0 Å². The van der Waals surface area contributed by atoms with Crippen LogP contribution in [0.3, 0.4) is 0 Å². The molecule has 2 saturated heterocycles. The molecule has 0 atom stereocenters. The molecule has 2 heterocycles. The minimum Gasteiger partial charge on any atom is -0.478 e. The lowest BCUT2D eigenvalue weighted by molar-refractivity contribution is -0.134. The first kappa shape index (κ1) is 30.9. The van der Waals surface area contributed by atoms with E-state index in [0.717, 1.165) is 23.9 Å². The number of hydrogen-bond acceptors (Lipinski definition) is 6. The number of amidine groups is 1. The monoisotopic (exact) mass is 581 g/mol. The Morgan fingerprint density at radius 3 is 2.24 bits per heavy atom. The molecule has 1 amide bonds. The minimum absolute atomic E-state index is 0.0957. The minimum atomic E-state index is -9.75. The molecule has 0 aromatic heterocycles. The molecule has 0 radical (unpaired) electrons. The summed E-state index contributed by atoms with van der Waals surface area (Å²) in [5.74, 6) is 0.378. The van der Waals surface area contributed by atoms with E-state index in [4.69, 9.17) is 16.6 Å². The lowest BCUT2D eigenvalue weighted by Crippen LogP contribution is -2.33. The average molecular weight is 582 g/mol. The average Bonchev–Trinajstić information content (AvgIpc) is 3.15. The van der Waals surface area contributed by atoms with Crippen molar-refractivity contribution in [3.63, 3.8) is 0 Å². The Hall–Kier alpha value is -3.35. The van der Waals surface area contributed by atoms with Crippen LogP contribution in [0.15, 0.2) is 57.3 Å². The first-order valence-corrected chi connectivity index (χ1v) is 13.6. The number of allylic oxidation sites excluding steroid dienone is 1. The van der Waals surface area contributed by atoms with E-state index in [9.17, 15) is 33.8 Å². The molecular weight excluding hydrogens is 557 g/mol. The molecule has 2 aliphatic heterocycles. The van der Waals surface area contributed by atoms with Gasteiger partial charge in [0.15, 0.2) is 0 Å². The van der Waals surface area contributed by atoms with Crippen LogP contribution in [-0.4, -0.2) is 57.8 Å². The first-order chi connectivity index (χ1) is 17.5. The lowest BCUT2D eigenvalue weighted by Gasteiger charge is -2.42. The van der Waals surface area contributed by atoms with Crippen molar-refractivity contribution in [3.05, 3.63) is 53.0 Å². The third-order valence-electron chi connectivity index (χ3n) is 5.15. The number of carboxylic acids is 2. The maximum Gasteiger partial charge on any atom is 0.328 e. The second-order valence-corrected chi connectivity index (χ2v) is 11.5. The Kier molecular flexibility index (Phi) is 9.41. The van der Waals surface area contributed by atoms with Gasteiger partial charge in [-0.05, 0) is 55.2 Å². The predicted molar refractivity (Wildman–Crippen MR) is 136 cm³/mol. The number of terminal acetylenes is 1. The van der Waals surface area contributed by atoms with Gasteiger partial charge in [-0.1, -0.05) is 49.6 Å². The molecule has 2 aliphatic rings. The molecule has 0 aliphatic carbocycles. The fourth-order valence-electron chi connectivity index (χ4n) is 3.57. The number of aliphatic carboxylic acids is 2. The molecule has 1 aromatic carbocycles. The molecular formula is C23H24F5N3O5S2. The molecule has 1 aromatic rings. The Labute approximate surface area is 219 Å². The Morgan fingerprint density at radius 1 is 1.13 bits per heavy atom. The summed E-state index contributed by atoms with van der Waals surface area (Å²) in [7, 11) is -9.75. The van der Waals surface area contributed by atoms with Crippen LogP contribution in [-0.2, 0) is 16.1 Å². The van der Waals surface area contributed by atoms with Crippen molar-refractivity contribution in [3.8, 4) is 12.3 Å². The van der Waals surface area contributed by atoms with E-state index < -0.39 is 32.6 Å². The van der Waals surface area contributed by atoms with Crippen molar-refractivity contribution in [2.24, 2.45) is 10.9 Å². The zero-order valence-electron chi connectivity index (χ0n) is 19.7. The quantitative estimate of drug-likeness (QED) is 0.217. The number of rotatable bonds is 7. The van der Waals surface area contributed by atoms with Gasteiger partial charge in [-0.2, -0.15) is 0 Å². The van der Waals surface area contributed by atoms with Gasteiger partial charge in [0.1, 0.15) is 17.3 Å². The Balaban J connectivity index is 0.000000550. The number of nitrogens with one attached hydrogen (secondary N) is 1. The second kappa shape index (κ2) is 11.6.